The number of hydrogen-bond acceptors (Lipinski definition) is 4. The van der Waals surface area contributed by atoms with Crippen LogP contribution in [0.2, 0.25) is 0 Å². The monoisotopic (exact) mass is 331 g/mol. The van der Waals surface area contributed by atoms with Crippen LogP contribution in [0.3, 0.4) is 0 Å². The van der Waals surface area contributed by atoms with E-state index in [1.165, 1.54) is 18.4 Å². The number of amides is 1. The van der Waals surface area contributed by atoms with Crippen molar-refractivity contribution < 1.29 is 9.53 Å². The molecule has 1 saturated carbocycles. The average Bonchev–Trinajstić information content (AvgIpc) is 3.35. The highest BCUT2D eigenvalue weighted by molar-refractivity contribution is 5.78. The Hall–Kier alpha value is -1.43. The second kappa shape index (κ2) is 7.64. The summed E-state index contributed by atoms with van der Waals surface area (Å²) >= 11 is 0. The third kappa shape index (κ3) is 4.56. The number of rotatable bonds is 7. The first-order valence-corrected chi connectivity index (χ1v) is 8.88. The van der Waals surface area contributed by atoms with Gasteiger partial charge in [-0.2, -0.15) is 0 Å². The quantitative estimate of drug-likeness (QED) is 0.813. The van der Waals surface area contributed by atoms with Crippen molar-refractivity contribution in [2.24, 2.45) is 0 Å². The molecule has 1 heterocycles. The molecule has 132 valence electrons. The van der Waals surface area contributed by atoms with Crippen LogP contribution >= 0.6 is 0 Å². The Morgan fingerprint density at radius 2 is 2.08 bits per heavy atom. The zero-order chi connectivity index (χ0) is 17.0. The van der Waals surface area contributed by atoms with Crippen LogP contribution in [-0.2, 0) is 14.9 Å². The summed E-state index contributed by atoms with van der Waals surface area (Å²) in [5, 5.41) is 3.15. The van der Waals surface area contributed by atoms with Crippen LogP contribution in [-0.4, -0.2) is 75.2 Å². The van der Waals surface area contributed by atoms with Gasteiger partial charge in [-0.15, -0.1) is 0 Å². The standard InChI is InChI=1S/C19H29N3O2/c1-21(2)12-17-13-22(10-11-24-17)14-18(23)20-15-19(8-9-19)16-6-4-3-5-7-16/h3-7,17H,8-15H2,1-2H3,(H,20,23)/t17-/m1/s1. The number of carbonyl (C=O) groups excluding carboxylic acids is 1. The van der Waals surface area contributed by atoms with Gasteiger partial charge >= 0.3 is 0 Å². The van der Waals surface area contributed by atoms with E-state index in [4.69, 9.17) is 4.74 Å². The number of carbonyl (C=O) groups is 1. The highest BCUT2D eigenvalue weighted by Gasteiger charge is 2.44. The van der Waals surface area contributed by atoms with Gasteiger partial charge in [0.2, 0.25) is 5.91 Å². The topological polar surface area (TPSA) is 44.8 Å². The van der Waals surface area contributed by atoms with Gasteiger partial charge in [-0.05, 0) is 32.5 Å². The predicted molar refractivity (Wildman–Crippen MR) is 95.1 cm³/mol. The number of likely N-dealkylation sites (N-methyl/N-ethyl adjacent to an activating group) is 1. The number of benzene rings is 1. The zero-order valence-electron chi connectivity index (χ0n) is 14.8. The summed E-state index contributed by atoms with van der Waals surface area (Å²) in [4.78, 5) is 16.7. The SMILES string of the molecule is CN(C)C[C@@H]1CN(CC(=O)NCC2(c3ccccc3)CC2)CCO1. The fourth-order valence-electron chi connectivity index (χ4n) is 3.48. The van der Waals surface area contributed by atoms with Crippen molar-refractivity contribution in [3.05, 3.63) is 35.9 Å². The molecule has 2 aliphatic rings. The van der Waals surface area contributed by atoms with Gasteiger partial charge in [-0.25, -0.2) is 0 Å². The first kappa shape index (κ1) is 17.4. The molecule has 1 saturated heterocycles. The van der Waals surface area contributed by atoms with Gasteiger partial charge in [0, 0.05) is 31.6 Å². The highest BCUT2D eigenvalue weighted by Crippen LogP contribution is 2.47. The van der Waals surface area contributed by atoms with Gasteiger partial charge in [-0.3, -0.25) is 9.69 Å². The van der Waals surface area contributed by atoms with E-state index in [0.29, 0.717) is 13.2 Å². The molecule has 0 unspecified atom stereocenters. The van der Waals surface area contributed by atoms with E-state index in [9.17, 15) is 4.79 Å². The minimum Gasteiger partial charge on any atom is -0.374 e. The molecule has 5 nitrogen and oxygen atoms in total. The summed E-state index contributed by atoms with van der Waals surface area (Å²) in [5.41, 5.74) is 1.53. The third-order valence-corrected chi connectivity index (χ3v) is 5.02. The largest absolute Gasteiger partial charge is 0.374 e. The van der Waals surface area contributed by atoms with Crippen molar-refractivity contribution in [2.45, 2.75) is 24.4 Å². The number of nitrogens with one attached hydrogen (secondary N) is 1. The van der Waals surface area contributed by atoms with Crippen molar-refractivity contribution in [3.8, 4) is 0 Å². The molecule has 0 radical (unpaired) electrons. The number of nitrogens with zero attached hydrogens (tertiary/aromatic N) is 2. The first-order valence-electron chi connectivity index (χ1n) is 8.88. The smallest absolute Gasteiger partial charge is 0.234 e. The van der Waals surface area contributed by atoms with E-state index in [2.05, 4.69) is 39.4 Å². The van der Waals surface area contributed by atoms with Crippen LogP contribution in [0.1, 0.15) is 18.4 Å². The molecule has 5 heteroatoms. The van der Waals surface area contributed by atoms with E-state index in [-0.39, 0.29) is 17.4 Å². The van der Waals surface area contributed by atoms with Gasteiger partial charge in [0.05, 0.1) is 19.3 Å². The molecule has 1 aliphatic carbocycles. The Labute approximate surface area is 145 Å². The van der Waals surface area contributed by atoms with E-state index in [1.54, 1.807) is 0 Å². The van der Waals surface area contributed by atoms with E-state index < -0.39 is 0 Å². The maximum atomic E-state index is 12.3. The minimum atomic E-state index is 0.128. The Morgan fingerprint density at radius 3 is 2.75 bits per heavy atom. The average molecular weight is 331 g/mol. The van der Waals surface area contributed by atoms with Crippen LogP contribution in [0.25, 0.3) is 0 Å². The Bertz CT molecular complexity index is 543. The molecule has 1 aromatic carbocycles. The predicted octanol–water partition coefficient (Wildman–Crippen LogP) is 1.10. The maximum absolute atomic E-state index is 12.3. The molecule has 0 aromatic heterocycles. The van der Waals surface area contributed by atoms with Gasteiger partial charge in [0.25, 0.3) is 0 Å². The molecule has 1 atom stereocenters. The van der Waals surface area contributed by atoms with Crippen LogP contribution in [0, 0.1) is 0 Å². The molecule has 1 aliphatic heterocycles. The zero-order valence-corrected chi connectivity index (χ0v) is 14.8. The van der Waals surface area contributed by atoms with Gasteiger partial charge in [0.1, 0.15) is 0 Å². The Kier molecular flexibility index (Phi) is 5.54. The van der Waals surface area contributed by atoms with Crippen LogP contribution in [0.15, 0.2) is 30.3 Å². The second-order valence-corrected chi connectivity index (χ2v) is 7.41. The molecule has 1 aromatic rings. The molecule has 24 heavy (non-hydrogen) atoms. The van der Waals surface area contributed by atoms with Crippen LogP contribution in [0.5, 0.6) is 0 Å². The Morgan fingerprint density at radius 1 is 1.33 bits per heavy atom. The lowest BCUT2D eigenvalue weighted by atomic mass is 9.96. The van der Waals surface area contributed by atoms with Crippen molar-refractivity contribution in [1.29, 1.82) is 0 Å². The van der Waals surface area contributed by atoms with Crippen molar-refractivity contribution in [2.75, 3.05) is 53.4 Å². The fourth-order valence-corrected chi connectivity index (χ4v) is 3.48. The summed E-state index contributed by atoms with van der Waals surface area (Å²) < 4.78 is 5.77. The summed E-state index contributed by atoms with van der Waals surface area (Å²) in [6, 6.07) is 10.5. The summed E-state index contributed by atoms with van der Waals surface area (Å²) in [6.45, 7) is 4.49. The normalized spacial score (nSPS) is 23.2. The summed E-state index contributed by atoms with van der Waals surface area (Å²) in [6.07, 6.45) is 2.53. The van der Waals surface area contributed by atoms with Crippen LogP contribution < -0.4 is 5.32 Å². The number of morpholine rings is 1. The molecule has 3 rings (SSSR count). The summed E-state index contributed by atoms with van der Waals surface area (Å²) in [5.74, 6) is 0.128. The lowest BCUT2D eigenvalue weighted by Crippen LogP contribution is -2.50. The molecule has 2 fully saturated rings. The lowest BCUT2D eigenvalue weighted by Gasteiger charge is -2.33. The molecular weight excluding hydrogens is 302 g/mol. The lowest BCUT2D eigenvalue weighted by molar-refractivity contribution is -0.124. The van der Waals surface area contributed by atoms with Crippen molar-refractivity contribution >= 4 is 5.91 Å². The van der Waals surface area contributed by atoms with E-state index in [0.717, 1.165) is 26.2 Å². The summed E-state index contributed by atoms with van der Waals surface area (Å²) in [7, 11) is 4.10. The van der Waals surface area contributed by atoms with Gasteiger partial charge in [0.15, 0.2) is 0 Å². The number of hydrogen-bond donors (Lipinski definition) is 1. The van der Waals surface area contributed by atoms with Crippen molar-refractivity contribution in [3.63, 3.8) is 0 Å². The highest BCUT2D eigenvalue weighted by atomic mass is 16.5. The van der Waals surface area contributed by atoms with Crippen molar-refractivity contribution in [1.82, 2.24) is 15.1 Å². The van der Waals surface area contributed by atoms with E-state index >= 15 is 0 Å². The fraction of sp³-hybridized carbons (Fsp3) is 0.632. The van der Waals surface area contributed by atoms with Gasteiger partial charge in [-0.1, -0.05) is 30.3 Å². The first-order chi connectivity index (χ1) is 11.6. The molecule has 0 bridgehead atoms. The number of ether oxygens (including phenoxy) is 1. The van der Waals surface area contributed by atoms with Crippen LogP contribution in [0.4, 0.5) is 0 Å². The molecule has 1 N–H and O–H groups in total. The van der Waals surface area contributed by atoms with Gasteiger partial charge < -0.3 is 15.0 Å². The Balaban J connectivity index is 1.44. The minimum absolute atomic E-state index is 0.128. The van der Waals surface area contributed by atoms with E-state index in [1.807, 2.05) is 20.2 Å². The molecule has 1 amide bonds. The third-order valence-electron chi connectivity index (χ3n) is 5.02. The maximum Gasteiger partial charge on any atom is 0.234 e. The molecular formula is C19H29N3O2. The second-order valence-electron chi connectivity index (χ2n) is 7.41. The molecule has 0 spiro atoms.